The van der Waals surface area contributed by atoms with Gasteiger partial charge in [-0.05, 0) is 13.0 Å². The molecule has 0 atom stereocenters. The summed E-state index contributed by atoms with van der Waals surface area (Å²) in [6.07, 6.45) is 0.0730. The first-order valence-electron chi connectivity index (χ1n) is 5.13. The number of nitrogens with zero attached hydrogens (tertiary/aromatic N) is 1. The molecule has 0 aromatic carbocycles. The number of anilines is 1. The first-order valence-corrected chi connectivity index (χ1v) is 5.13. The minimum absolute atomic E-state index is 0.0343. The van der Waals surface area contributed by atoms with Gasteiger partial charge in [-0.3, -0.25) is 14.6 Å². The van der Waals surface area contributed by atoms with Crippen molar-refractivity contribution in [3.63, 3.8) is 0 Å². The number of ether oxygens (including phenoxy) is 1. The number of nitrogens with one attached hydrogen (secondary N) is 2. The Kier molecular flexibility index (Phi) is 2.82. The van der Waals surface area contributed by atoms with Gasteiger partial charge >= 0.3 is 5.97 Å². The van der Waals surface area contributed by atoms with Crippen molar-refractivity contribution < 1.29 is 9.53 Å². The molecule has 0 saturated carbocycles. The Morgan fingerprint density at radius 2 is 2.29 bits per heavy atom. The second-order valence-electron chi connectivity index (χ2n) is 3.49. The number of carbonyl (C=O) groups excluding carboxylic acids is 1. The van der Waals surface area contributed by atoms with Crippen LogP contribution in [-0.2, 0) is 16.0 Å². The van der Waals surface area contributed by atoms with Crippen molar-refractivity contribution in [3.05, 3.63) is 22.1 Å². The van der Waals surface area contributed by atoms with E-state index in [-0.39, 0.29) is 23.9 Å². The summed E-state index contributed by atoms with van der Waals surface area (Å²) in [6, 6.07) is 1.57. The van der Waals surface area contributed by atoms with Crippen molar-refractivity contribution in [1.29, 1.82) is 0 Å². The Labute approximate surface area is 96.0 Å². The Hall–Kier alpha value is -2.31. The maximum absolute atomic E-state index is 11.5. The van der Waals surface area contributed by atoms with Gasteiger partial charge in [-0.2, -0.15) is 4.98 Å². The molecule has 0 aliphatic carbocycles. The maximum Gasteiger partial charge on any atom is 0.311 e. The van der Waals surface area contributed by atoms with Gasteiger partial charge in [0, 0.05) is 5.69 Å². The highest BCUT2D eigenvalue weighted by atomic mass is 16.5. The van der Waals surface area contributed by atoms with Crippen molar-refractivity contribution in [2.75, 3.05) is 12.3 Å². The van der Waals surface area contributed by atoms with Crippen molar-refractivity contribution in [2.24, 2.45) is 0 Å². The van der Waals surface area contributed by atoms with Gasteiger partial charge in [0.05, 0.1) is 18.4 Å². The lowest BCUT2D eigenvalue weighted by Gasteiger charge is -1.98. The molecule has 0 aliphatic rings. The summed E-state index contributed by atoms with van der Waals surface area (Å²) in [4.78, 5) is 31.9. The number of carbonyl (C=O) groups is 1. The number of aromatic amines is 2. The highest BCUT2D eigenvalue weighted by molar-refractivity contribution is 5.79. The molecule has 0 aliphatic heterocycles. The van der Waals surface area contributed by atoms with Crippen LogP contribution in [0.15, 0.2) is 10.9 Å². The molecule has 4 N–H and O–H groups in total. The first kappa shape index (κ1) is 11.2. The Balaban J connectivity index is 2.35. The van der Waals surface area contributed by atoms with Crippen LogP contribution in [0.4, 0.5) is 5.95 Å². The smallest absolute Gasteiger partial charge is 0.311 e. The van der Waals surface area contributed by atoms with Crippen molar-refractivity contribution >= 4 is 23.0 Å². The number of nitrogen functional groups attached to an aromatic ring is 1. The number of hydrogen-bond donors (Lipinski definition) is 3. The third-order valence-electron chi connectivity index (χ3n) is 2.21. The molecule has 2 rings (SSSR count). The number of H-pyrrole nitrogens is 2. The van der Waals surface area contributed by atoms with Crippen LogP contribution in [-0.4, -0.2) is 27.5 Å². The summed E-state index contributed by atoms with van der Waals surface area (Å²) in [5.41, 5.74) is 6.01. The van der Waals surface area contributed by atoms with E-state index in [2.05, 4.69) is 15.0 Å². The van der Waals surface area contributed by atoms with E-state index < -0.39 is 0 Å². The zero-order valence-corrected chi connectivity index (χ0v) is 9.24. The van der Waals surface area contributed by atoms with Crippen LogP contribution >= 0.6 is 0 Å². The molecule has 0 spiro atoms. The average molecular weight is 236 g/mol. The van der Waals surface area contributed by atoms with Gasteiger partial charge in [-0.15, -0.1) is 0 Å². The average Bonchev–Trinajstić information content (AvgIpc) is 2.60. The molecule has 0 unspecified atom stereocenters. The van der Waals surface area contributed by atoms with Crippen molar-refractivity contribution in [1.82, 2.24) is 15.0 Å². The molecular weight excluding hydrogens is 224 g/mol. The molecule has 2 aromatic heterocycles. The molecule has 2 aromatic rings. The predicted molar refractivity (Wildman–Crippen MR) is 61.5 cm³/mol. The second-order valence-corrected chi connectivity index (χ2v) is 3.49. The molecule has 0 fully saturated rings. The molecule has 7 heteroatoms. The van der Waals surface area contributed by atoms with E-state index in [0.29, 0.717) is 23.3 Å². The van der Waals surface area contributed by atoms with Crippen LogP contribution in [0.2, 0.25) is 0 Å². The number of nitrogens with two attached hydrogens (primary N) is 1. The van der Waals surface area contributed by atoms with E-state index >= 15 is 0 Å². The summed E-state index contributed by atoms with van der Waals surface area (Å²) in [6.45, 7) is 2.06. The SMILES string of the molecule is CCOC(=O)Cc1cc2c(=O)[nH]c(N)nc2[nH]1. The van der Waals surface area contributed by atoms with Gasteiger partial charge in [-0.1, -0.05) is 0 Å². The van der Waals surface area contributed by atoms with E-state index in [0.717, 1.165) is 0 Å². The van der Waals surface area contributed by atoms with Crippen LogP contribution in [0, 0.1) is 0 Å². The molecule has 7 nitrogen and oxygen atoms in total. The predicted octanol–water partition coefficient (Wildman–Crippen LogP) is -0.0610. The van der Waals surface area contributed by atoms with Crippen LogP contribution in [0.3, 0.4) is 0 Å². The topological polar surface area (TPSA) is 114 Å². The standard InChI is InChI=1S/C10H12N4O3/c1-2-17-7(15)4-5-3-6-8(12-5)13-10(11)14-9(6)16/h3H,2,4H2,1H3,(H4,11,12,13,14,16). The Morgan fingerprint density at radius 1 is 1.53 bits per heavy atom. The highest BCUT2D eigenvalue weighted by Crippen LogP contribution is 2.10. The third-order valence-corrected chi connectivity index (χ3v) is 2.21. The maximum atomic E-state index is 11.5. The zero-order chi connectivity index (χ0) is 12.4. The number of fused-ring (bicyclic) bond motifs is 1. The number of rotatable bonds is 3. The first-order chi connectivity index (χ1) is 8.10. The van der Waals surface area contributed by atoms with E-state index in [1.807, 2.05) is 0 Å². The van der Waals surface area contributed by atoms with Crippen LogP contribution in [0.25, 0.3) is 11.0 Å². The van der Waals surface area contributed by atoms with Gasteiger partial charge in [0.2, 0.25) is 5.95 Å². The van der Waals surface area contributed by atoms with Crippen molar-refractivity contribution in [3.8, 4) is 0 Å². The molecule has 0 radical (unpaired) electrons. The van der Waals surface area contributed by atoms with Gasteiger partial charge in [0.15, 0.2) is 0 Å². The van der Waals surface area contributed by atoms with E-state index in [9.17, 15) is 9.59 Å². The molecule has 2 heterocycles. The van der Waals surface area contributed by atoms with Gasteiger partial charge in [0.1, 0.15) is 5.65 Å². The fourth-order valence-corrected chi connectivity index (χ4v) is 1.55. The fraction of sp³-hybridized carbons (Fsp3) is 0.300. The summed E-state index contributed by atoms with van der Waals surface area (Å²) in [5, 5.41) is 0.374. The lowest BCUT2D eigenvalue weighted by atomic mass is 10.3. The van der Waals surface area contributed by atoms with E-state index in [1.165, 1.54) is 0 Å². The monoisotopic (exact) mass is 236 g/mol. The third kappa shape index (κ3) is 2.27. The van der Waals surface area contributed by atoms with Crippen LogP contribution < -0.4 is 11.3 Å². The molecule has 17 heavy (non-hydrogen) atoms. The molecule has 0 amide bonds. The second kappa shape index (κ2) is 4.28. The largest absolute Gasteiger partial charge is 0.466 e. The summed E-state index contributed by atoms with van der Waals surface area (Å²) >= 11 is 0. The number of esters is 1. The minimum Gasteiger partial charge on any atom is -0.466 e. The number of hydrogen-bond acceptors (Lipinski definition) is 5. The van der Waals surface area contributed by atoms with Crippen LogP contribution in [0.5, 0.6) is 0 Å². The van der Waals surface area contributed by atoms with E-state index in [4.69, 9.17) is 10.5 Å². The molecule has 0 saturated heterocycles. The lowest BCUT2D eigenvalue weighted by Crippen LogP contribution is -2.09. The Morgan fingerprint density at radius 3 is 3.00 bits per heavy atom. The highest BCUT2D eigenvalue weighted by Gasteiger charge is 2.10. The summed E-state index contributed by atoms with van der Waals surface area (Å²) in [5.74, 6) is -0.324. The molecule has 0 bridgehead atoms. The number of aromatic nitrogens is 3. The normalized spacial score (nSPS) is 10.6. The lowest BCUT2D eigenvalue weighted by molar-refractivity contribution is -0.142. The molecule has 90 valence electrons. The van der Waals surface area contributed by atoms with Crippen molar-refractivity contribution in [2.45, 2.75) is 13.3 Å². The van der Waals surface area contributed by atoms with Gasteiger partial charge in [-0.25, -0.2) is 0 Å². The fourth-order valence-electron chi connectivity index (χ4n) is 1.55. The summed E-state index contributed by atoms with van der Waals surface area (Å²) in [7, 11) is 0. The van der Waals surface area contributed by atoms with Crippen LogP contribution in [0.1, 0.15) is 12.6 Å². The van der Waals surface area contributed by atoms with Gasteiger partial charge in [0.25, 0.3) is 5.56 Å². The van der Waals surface area contributed by atoms with E-state index in [1.54, 1.807) is 13.0 Å². The quantitative estimate of drug-likeness (QED) is 0.646. The zero-order valence-electron chi connectivity index (χ0n) is 9.24. The summed E-state index contributed by atoms with van der Waals surface area (Å²) < 4.78 is 4.81. The van der Waals surface area contributed by atoms with Gasteiger partial charge < -0.3 is 15.5 Å². The Bertz CT molecular complexity index is 614. The minimum atomic E-state index is -0.358. The molecular formula is C10H12N4O3.